The zero-order valence-electron chi connectivity index (χ0n) is 12.4. The molecule has 0 aliphatic heterocycles. The largest absolute Gasteiger partial charge is 0.478 e. The maximum Gasteiger partial charge on any atom is 0.229 e. The smallest absolute Gasteiger partial charge is 0.229 e. The summed E-state index contributed by atoms with van der Waals surface area (Å²) in [7, 11) is 0. The van der Waals surface area contributed by atoms with Gasteiger partial charge in [-0.1, -0.05) is 30.3 Å². The molecular formula is C16H20ClN3O. The lowest BCUT2D eigenvalue weighted by Crippen LogP contribution is -2.27. The van der Waals surface area contributed by atoms with Gasteiger partial charge in [0, 0.05) is 30.7 Å². The fourth-order valence-electron chi connectivity index (χ4n) is 2.04. The van der Waals surface area contributed by atoms with Gasteiger partial charge in [-0.2, -0.15) is 4.98 Å². The van der Waals surface area contributed by atoms with Gasteiger partial charge in [-0.15, -0.1) is 11.6 Å². The average molecular weight is 306 g/mol. The summed E-state index contributed by atoms with van der Waals surface area (Å²) in [6.45, 7) is 5.88. The molecule has 2 aromatic rings. The lowest BCUT2D eigenvalue weighted by atomic mass is 10.2. The van der Waals surface area contributed by atoms with Gasteiger partial charge >= 0.3 is 0 Å². The number of anilines is 1. The third-order valence-electron chi connectivity index (χ3n) is 2.96. The number of rotatable bonds is 7. The highest BCUT2D eigenvalue weighted by Gasteiger charge is 2.12. The lowest BCUT2D eigenvalue weighted by molar-refractivity contribution is 0.326. The molecule has 0 fully saturated rings. The molecule has 0 bridgehead atoms. The van der Waals surface area contributed by atoms with E-state index in [0.717, 1.165) is 12.2 Å². The van der Waals surface area contributed by atoms with Gasteiger partial charge in [0.15, 0.2) is 0 Å². The zero-order valence-corrected chi connectivity index (χ0v) is 13.2. The molecule has 0 spiro atoms. The number of hydrogen-bond donors (Lipinski definition) is 0. The molecule has 0 saturated carbocycles. The normalized spacial score (nSPS) is 10.4. The van der Waals surface area contributed by atoms with Crippen molar-refractivity contribution < 1.29 is 4.74 Å². The number of benzene rings is 1. The SMILES string of the molecule is CCOc1cc(C)nc(N(CCCl)Cc2ccccc2)n1. The van der Waals surface area contributed by atoms with E-state index in [4.69, 9.17) is 16.3 Å². The molecule has 0 atom stereocenters. The molecule has 1 aromatic heterocycles. The van der Waals surface area contributed by atoms with Crippen LogP contribution in [0.5, 0.6) is 5.88 Å². The van der Waals surface area contributed by atoms with Gasteiger partial charge in [-0.05, 0) is 19.4 Å². The van der Waals surface area contributed by atoms with Crippen molar-refractivity contribution in [1.82, 2.24) is 9.97 Å². The molecule has 0 unspecified atom stereocenters. The Hall–Kier alpha value is -1.81. The van der Waals surface area contributed by atoms with Crippen molar-refractivity contribution in [3.63, 3.8) is 0 Å². The van der Waals surface area contributed by atoms with Crippen LogP contribution in [0.1, 0.15) is 18.2 Å². The molecule has 0 aliphatic carbocycles. The van der Waals surface area contributed by atoms with E-state index in [-0.39, 0.29) is 0 Å². The number of nitrogens with zero attached hydrogens (tertiary/aromatic N) is 3. The van der Waals surface area contributed by atoms with E-state index in [1.807, 2.05) is 38.1 Å². The number of halogens is 1. The summed E-state index contributed by atoms with van der Waals surface area (Å²) in [4.78, 5) is 11.0. The summed E-state index contributed by atoms with van der Waals surface area (Å²) in [5.74, 6) is 1.78. The first-order valence-electron chi connectivity index (χ1n) is 7.06. The first-order valence-corrected chi connectivity index (χ1v) is 7.59. The van der Waals surface area contributed by atoms with Crippen molar-refractivity contribution in [2.24, 2.45) is 0 Å². The topological polar surface area (TPSA) is 38.2 Å². The van der Waals surface area contributed by atoms with E-state index in [1.54, 1.807) is 0 Å². The first-order chi connectivity index (χ1) is 10.2. The van der Waals surface area contributed by atoms with Crippen LogP contribution < -0.4 is 9.64 Å². The van der Waals surface area contributed by atoms with Gasteiger partial charge in [0.05, 0.1) is 6.61 Å². The average Bonchev–Trinajstić information content (AvgIpc) is 2.48. The number of hydrogen-bond acceptors (Lipinski definition) is 4. The Morgan fingerprint density at radius 3 is 2.62 bits per heavy atom. The van der Waals surface area contributed by atoms with Crippen molar-refractivity contribution in [3.05, 3.63) is 47.7 Å². The summed E-state index contributed by atoms with van der Waals surface area (Å²) in [5, 5.41) is 0. The number of aromatic nitrogens is 2. The summed E-state index contributed by atoms with van der Waals surface area (Å²) >= 11 is 5.92. The second kappa shape index (κ2) is 7.84. The molecule has 4 nitrogen and oxygen atoms in total. The molecule has 1 aromatic carbocycles. The molecule has 5 heteroatoms. The monoisotopic (exact) mass is 305 g/mol. The van der Waals surface area contributed by atoms with E-state index in [9.17, 15) is 0 Å². The van der Waals surface area contributed by atoms with Crippen molar-refractivity contribution in [1.29, 1.82) is 0 Å². The predicted molar refractivity (Wildman–Crippen MR) is 86.2 cm³/mol. The molecule has 0 aliphatic rings. The van der Waals surface area contributed by atoms with E-state index in [2.05, 4.69) is 27.0 Å². The Morgan fingerprint density at radius 2 is 1.95 bits per heavy atom. The minimum Gasteiger partial charge on any atom is -0.478 e. The van der Waals surface area contributed by atoms with Crippen LogP contribution in [0.25, 0.3) is 0 Å². The Balaban J connectivity index is 2.24. The zero-order chi connectivity index (χ0) is 15.1. The Kier molecular flexibility index (Phi) is 5.81. The van der Waals surface area contributed by atoms with Gasteiger partial charge in [-0.25, -0.2) is 4.98 Å². The van der Waals surface area contributed by atoms with Crippen molar-refractivity contribution in [2.75, 3.05) is 23.9 Å². The summed E-state index contributed by atoms with van der Waals surface area (Å²) in [6.07, 6.45) is 0. The van der Waals surface area contributed by atoms with Crippen molar-refractivity contribution in [3.8, 4) is 5.88 Å². The highest BCUT2D eigenvalue weighted by molar-refractivity contribution is 6.18. The molecule has 1 heterocycles. The maximum absolute atomic E-state index is 5.92. The molecular weight excluding hydrogens is 286 g/mol. The highest BCUT2D eigenvalue weighted by atomic mass is 35.5. The van der Waals surface area contributed by atoms with Gasteiger partial charge in [0.2, 0.25) is 11.8 Å². The van der Waals surface area contributed by atoms with Gasteiger partial charge < -0.3 is 9.64 Å². The van der Waals surface area contributed by atoms with Crippen LogP contribution in [0, 0.1) is 6.92 Å². The highest BCUT2D eigenvalue weighted by Crippen LogP contribution is 2.18. The van der Waals surface area contributed by atoms with Gasteiger partial charge in [0.1, 0.15) is 0 Å². The van der Waals surface area contributed by atoms with E-state index in [0.29, 0.717) is 30.9 Å². The summed E-state index contributed by atoms with van der Waals surface area (Å²) in [6, 6.07) is 12.1. The van der Waals surface area contributed by atoms with Crippen LogP contribution in [0.4, 0.5) is 5.95 Å². The summed E-state index contributed by atoms with van der Waals surface area (Å²) < 4.78 is 5.50. The standard InChI is InChI=1S/C16H20ClN3O/c1-3-21-15-11-13(2)18-16(19-15)20(10-9-17)12-14-7-5-4-6-8-14/h4-8,11H,3,9-10,12H2,1-2H3. The second-order valence-electron chi connectivity index (χ2n) is 4.68. The van der Waals surface area contributed by atoms with Gasteiger partial charge in [-0.3, -0.25) is 0 Å². The molecule has 21 heavy (non-hydrogen) atoms. The van der Waals surface area contributed by atoms with Crippen LogP contribution in [0.2, 0.25) is 0 Å². The molecule has 0 amide bonds. The molecule has 112 valence electrons. The van der Waals surface area contributed by atoms with Gasteiger partial charge in [0.25, 0.3) is 0 Å². The molecule has 2 rings (SSSR count). The third-order valence-corrected chi connectivity index (χ3v) is 3.13. The van der Waals surface area contributed by atoms with Crippen LogP contribution in [-0.2, 0) is 6.54 Å². The second-order valence-corrected chi connectivity index (χ2v) is 5.05. The van der Waals surface area contributed by atoms with Crippen LogP contribution >= 0.6 is 11.6 Å². The lowest BCUT2D eigenvalue weighted by Gasteiger charge is -2.22. The van der Waals surface area contributed by atoms with Crippen molar-refractivity contribution in [2.45, 2.75) is 20.4 Å². The van der Waals surface area contributed by atoms with Crippen LogP contribution in [0.15, 0.2) is 36.4 Å². The molecule has 0 radical (unpaired) electrons. The quantitative estimate of drug-likeness (QED) is 0.735. The number of ether oxygens (including phenoxy) is 1. The number of aryl methyl sites for hydroxylation is 1. The van der Waals surface area contributed by atoms with E-state index >= 15 is 0 Å². The molecule has 0 saturated heterocycles. The summed E-state index contributed by atoms with van der Waals surface area (Å²) in [5.41, 5.74) is 2.08. The maximum atomic E-state index is 5.92. The fraction of sp³-hybridized carbons (Fsp3) is 0.375. The Bertz CT molecular complexity index is 563. The number of alkyl halides is 1. The minimum atomic E-state index is 0.522. The fourth-order valence-corrected chi connectivity index (χ4v) is 2.25. The Morgan fingerprint density at radius 1 is 1.19 bits per heavy atom. The molecule has 0 N–H and O–H groups in total. The van der Waals surface area contributed by atoms with E-state index < -0.39 is 0 Å². The minimum absolute atomic E-state index is 0.522. The van der Waals surface area contributed by atoms with Crippen LogP contribution in [0.3, 0.4) is 0 Å². The first kappa shape index (κ1) is 15.6. The predicted octanol–water partition coefficient (Wildman–Crippen LogP) is 3.43. The Labute approximate surface area is 130 Å². The van der Waals surface area contributed by atoms with Crippen molar-refractivity contribution >= 4 is 17.5 Å². The third kappa shape index (κ3) is 4.60. The van der Waals surface area contributed by atoms with E-state index in [1.165, 1.54) is 5.56 Å². The van der Waals surface area contributed by atoms with Crippen LogP contribution in [-0.4, -0.2) is 29.0 Å².